The number of anilines is 1. The smallest absolute Gasteiger partial charge is 0.419 e. The highest BCUT2D eigenvalue weighted by Gasteiger charge is 2.35. The molecule has 3 nitrogen and oxygen atoms in total. The second-order valence-electron chi connectivity index (χ2n) is 4.09. The Morgan fingerprint density at radius 2 is 1.71 bits per heavy atom. The summed E-state index contributed by atoms with van der Waals surface area (Å²) < 4.78 is 51.3. The molecule has 0 aromatic heterocycles. The number of hydrazone groups is 1. The van der Waals surface area contributed by atoms with Gasteiger partial charge in [0.25, 0.3) is 0 Å². The van der Waals surface area contributed by atoms with Crippen LogP contribution in [0.25, 0.3) is 0 Å². The van der Waals surface area contributed by atoms with Gasteiger partial charge in [0.15, 0.2) is 0 Å². The molecule has 2 aromatic rings. The second-order valence-corrected chi connectivity index (χ2v) is 4.09. The highest BCUT2D eigenvalue weighted by atomic mass is 19.4. The lowest BCUT2D eigenvalue weighted by atomic mass is 10.1. The van der Waals surface area contributed by atoms with Crippen molar-refractivity contribution in [3.8, 4) is 5.75 Å². The van der Waals surface area contributed by atoms with Crippen LogP contribution in [0.5, 0.6) is 5.75 Å². The molecule has 2 aromatic carbocycles. The molecule has 0 atom stereocenters. The Morgan fingerprint density at radius 1 is 1.05 bits per heavy atom. The van der Waals surface area contributed by atoms with Crippen molar-refractivity contribution in [1.29, 1.82) is 0 Å². The van der Waals surface area contributed by atoms with E-state index in [-0.39, 0.29) is 0 Å². The fourth-order valence-electron chi connectivity index (χ4n) is 1.62. The summed E-state index contributed by atoms with van der Waals surface area (Å²) in [4.78, 5) is 0. The number of nitrogens with one attached hydrogen (secondary N) is 1. The molecule has 0 bridgehead atoms. The predicted octanol–water partition coefficient (Wildman–Crippen LogP) is 4.00. The zero-order chi connectivity index (χ0) is 15.5. The van der Waals surface area contributed by atoms with Crippen molar-refractivity contribution in [3.63, 3.8) is 0 Å². The summed E-state index contributed by atoms with van der Waals surface area (Å²) in [7, 11) is 0. The minimum absolute atomic E-state index is 0.479. The Hall–Kier alpha value is -2.57. The largest absolute Gasteiger partial charge is 0.507 e. The molecule has 2 rings (SSSR count). The number of phenolic OH excluding ortho intramolecular Hbond substituents is 1. The Morgan fingerprint density at radius 3 is 2.33 bits per heavy atom. The van der Waals surface area contributed by atoms with Gasteiger partial charge >= 0.3 is 6.18 Å². The quantitative estimate of drug-likeness (QED) is 0.511. The lowest BCUT2D eigenvalue weighted by molar-refractivity contribution is -0.138. The third kappa shape index (κ3) is 3.50. The number of para-hydroxylation sites is 1. The summed E-state index contributed by atoms with van der Waals surface area (Å²) in [6.45, 7) is 0. The maximum Gasteiger partial charge on any atom is 0.419 e. The number of nitrogens with zero attached hydrogens (tertiary/aromatic N) is 1. The van der Waals surface area contributed by atoms with Crippen LogP contribution >= 0.6 is 0 Å². The first-order valence-corrected chi connectivity index (χ1v) is 5.82. The molecule has 2 N–H and O–H groups in total. The van der Waals surface area contributed by atoms with Gasteiger partial charge in [0.2, 0.25) is 0 Å². The fraction of sp³-hybridized carbons (Fsp3) is 0.0714. The number of phenols is 1. The van der Waals surface area contributed by atoms with Gasteiger partial charge in [-0.25, -0.2) is 4.39 Å². The molecule has 110 valence electrons. The van der Waals surface area contributed by atoms with E-state index in [0.717, 1.165) is 6.21 Å². The van der Waals surface area contributed by atoms with Crippen LogP contribution in [0.3, 0.4) is 0 Å². The van der Waals surface area contributed by atoms with Crippen LogP contribution < -0.4 is 5.43 Å². The number of aromatic hydroxyl groups is 1. The monoisotopic (exact) mass is 298 g/mol. The van der Waals surface area contributed by atoms with Gasteiger partial charge in [-0.2, -0.15) is 18.3 Å². The molecule has 0 heterocycles. The summed E-state index contributed by atoms with van der Waals surface area (Å²) in [5, 5.41) is 13.1. The van der Waals surface area contributed by atoms with Crippen LogP contribution in [-0.4, -0.2) is 11.3 Å². The van der Waals surface area contributed by atoms with Crippen molar-refractivity contribution in [3.05, 3.63) is 59.4 Å². The average Bonchev–Trinajstić information content (AvgIpc) is 2.42. The molecule has 0 fully saturated rings. The van der Waals surface area contributed by atoms with E-state index in [4.69, 9.17) is 0 Å². The maximum absolute atomic E-state index is 13.5. The van der Waals surface area contributed by atoms with Crippen LogP contribution in [0.2, 0.25) is 0 Å². The molecule has 0 radical (unpaired) electrons. The summed E-state index contributed by atoms with van der Waals surface area (Å²) in [5.41, 5.74) is 1.14. The predicted molar refractivity (Wildman–Crippen MR) is 70.7 cm³/mol. The first kappa shape index (κ1) is 14.8. The van der Waals surface area contributed by atoms with Crippen LogP contribution in [0, 0.1) is 5.82 Å². The normalized spacial score (nSPS) is 11.8. The lowest BCUT2D eigenvalue weighted by Crippen LogP contribution is -2.07. The van der Waals surface area contributed by atoms with E-state index in [1.165, 1.54) is 0 Å². The number of alkyl halides is 3. The number of halogens is 4. The van der Waals surface area contributed by atoms with Gasteiger partial charge in [-0.1, -0.05) is 18.2 Å². The Kier molecular flexibility index (Phi) is 4.11. The first-order valence-electron chi connectivity index (χ1n) is 5.82. The van der Waals surface area contributed by atoms with Crippen molar-refractivity contribution in [2.75, 3.05) is 5.43 Å². The van der Waals surface area contributed by atoms with Crippen LogP contribution in [0.4, 0.5) is 23.2 Å². The van der Waals surface area contributed by atoms with Gasteiger partial charge in [0.05, 0.1) is 23.0 Å². The molecule has 0 unspecified atom stereocenters. The standard InChI is InChI=1S/C14H10F4N2O/c15-12-7-6-11(14(16,17)18)13(21)10(12)8-19-20-9-4-2-1-3-5-9/h1-8,20-21H. The molecule has 0 amide bonds. The summed E-state index contributed by atoms with van der Waals surface area (Å²) in [6.07, 6.45) is -3.97. The summed E-state index contributed by atoms with van der Waals surface area (Å²) in [6, 6.07) is 9.66. The summed E-state index contributed by atoms with van der Waals surface area (Å²) >= 11 is 0. The molecule has 0 saturated heterocycles. The zero-order valence-electron chi connectivity index (χ0n) is 10.5. The van der Waals surface area contributed by atoms with Crippen molar-refractivity contribution in [2.24, 2.45) is 5.10 Å². The van der Waals surface area contributed by atoms with Crippen molar-refractivity contribution >= 4 is 11.9 Å². The Balaban J connectivity index is 2.27. The molecule has 0 saturated carbocycles. The SMILES string of the molecule is Oc1c(C(F)(F)F)ccc(F)c1C=NNc1ccccc1. The van der Waals surface area contributed by atoms with Gasteiger partial charge in [-0.05, 0) is 24.3 Å². The molecule has 0 aliphatic heterocycles. The number of rotatable bonds is 3. The Labute approximate surface area is 117 Å². The molecular formula is C14H10F4N2O. The van der Waals surface area contributed by atoms with E-state index in [0.29, 0.717) is 17.8 Å². The molecule has 21 heavy (non-hydrogen) atoms. The maximum atomic E-state index is 13.5. The fourth-order valence-corrected chi connectivity index (χ4v) is 1.62. The van der Waals surface area contributed by atoms with Gasteiger partial charge < -0.3 is 5.11 Å². The van der Waals surface area contributed by atoms with E-state index >= 15 is 0 Å². The van der Waals surface area contributed by atoms with Crippen molar-refractivity contribution in [2.45, 2.75) is 6.18 Å². The van der Waals surface area contributed by atoms with Crippen molar-refractivity contribution in [1.82, 2.24) is 0 Å². The average molecular weight is 298 g/mol. The lowest BCUT2D eigenvalue weighted by Gasteiger charge is -2.11. The number of hydrogen-bond donors (Lipinski definition) is 2. The molecular weight excluding hydrogens is 288 g/mol. The molecule has 7 heteroatoms. The van der Waals surface area contributed by atoms with Crippen LogP contribution in [0.15, 0.2) is 47.6 Å². The van der Waals surface area contributed by atoms with Gasteiger partial charge in [0.1, 0.15) is 11.6 Å². The minimum atomic E-state index is -4.77. The Bertz CT molecular complexity index is 654. The van der Waals surface area contributed by atoms with Gasteiger partial charge in [-0.15, -0.1) is 0 Å². The van der Waals surface area contributed by atoms with Crippen molar-refractivity contribution < 1.29 is 22.7 Å². The van der Waals surface area contributed by atoms with Crippen LogP contribution in [-0.2, 0) is 6.18 Å². The van der Waals surface area contributed by atoms with Gasteiger partial charge in [-0.3, -0.25) is 5.43 Å². The zero-order valence-corrected chi connectivity index (χ0v) is 10.5. The van der Waals surface area contributed by atoms with E-state index in [9.17, 15) is 22.7 Å². The third-order valence-corrected chi connectivity index (χ3v) is 2.63. The topological polar surface area (TPSA) is 44.6 Å². The van der Waals surface area contributed by atoms with E-state index in [1.807, 2.05) is 0 Å². The van der Waals surface area contributed by atoms with E-state index in [2.05, 4.69) is 10.5 Å². The third-order valence-electron chi connectivity index (χ3n) is 2.63. The second kappa shape index (κ2) is 5.82. The van der Waals surface area contributed by atoms with E-state index in [1.54, 1.807) is 30.3 Å². The number of benzene rings is 2. The highest BCUT2D eigenvalue weighted by Crippen LogP contribution is 2.37. The minimum Gasteiger partial charge on any atom is -0.507 e. The summed E-state index contributed by atoms with van der Waals surface area (Å²) in [5.74, 6) is -2.19. The molecule has 0 spiro atoms. The molecule has 0 aliphatic rings. The van der Waals surface area contributed by atoms with E-state index < -0.39 is 28.9 Å². The highest BCUT2D eigenvalue weighted by molar-refractivity contribution is 5.85. The molecule has 0 aliphatic carbocycles. The first-order chi connectivity index (χ1) is 9.89. The number of hydrogen-bond acceptors (Lipinski definition) is 3. The van der Waals surface area contributed by atoms with Gasteiger partial charge in [0, 0.05) is 0 Å². The van der Waals surface area contributed by atoms with Crippen LogP contribution in [0.1, 0.15) is 11.1 Å².